The van der Waals surface area contributed by atoms with Crippen LogP contribution in [0.3, 0.4) is 0 Å². The Morgan fingerprint density at radius 2 is 1.45 bits per heavy atom. The van der Waals surface area contributed by atoms with Crippen LogP contribution in [0.5, 0.6) is 0 Å². The van der Waals surface area contributed by atoms with Gasteiger partial charge in [0.05, 0.1) is 0 Å². The van der Waals surface area contributed by atoms with Gasteiger partial charge in [-0.3, -0.25) is 4.79 Å². The van der Waals surface area contributed by atoms with Gasteiger partial charge in [0.2, 0.25) is 0 Å². The number of halogens is 2. The molecule has 2 aromatic carbocycles. The monoisotopic (exact) mass is 334 g/mol. The molecule has 0 N–H and O–H groups in total. The van der Waals surface area contributed by atoms with Crippen molar-refractivity contribution >= 4 is 41.0 Å². The highest BCUT2D eigenvalue weighted by Crippen LogP contribution is 2.11. The van der Waals surface area contributed by atoms with Crippen LogP contribution in [-0.2, 0) is 9.53 Å². The van der Waals surface area contributed by atoms with Gasteiger partial charge in [0.1, 0.15) is 0 Å². The molecule has 0 saturated carbocycles. The van der Waals surface area contributed by atoms with Crippen molar-refractivity contribution in [1.82, 2.24) is 0 Å². The van der Waals surface area contributed by atoms with E-state index in [1.807, 2.05) is 0 Å². The number of rotatable bonds is 5. The molecule has 0 aliphatic rings. The smallest absolute Gasteiger partial charge is 0.331 e. The maximum absolute atomic E-state index is 11.8. The summed E-state index contributed by atoms with van der Waals surface area (Å²) in [6.07, 6.45) is 2.85. The number of hydrogen-bond donors (Lipinski definition) is 0. The summed E-state index contributed by atoms with van der Waals surface area (Å²) in [4.78, 5) is 23.4. The number of carbonyl (C=O) groups excluding carboxylic acids is 2. The maximum atomic E-state index is 11.8. The first-order valence-electron chi connectivity index (χ1n) is 6.44. The summed E-state index contributed by atoms with van der Waals surface area (Å²) >= 11 is 11.5. The number of ketones is 1. The van der Waals surface area contributed by atoms with Crippen molar-refractivity contribution in [2.45, 2.75) is 0 Å². The SMILES string of the molecule is O=C(/C=C/c1ccc(Cl)cc1)OCC(=O)c1ccc(Cl)cc1. The molecule has 2 aromatic rings. The Hall–Kier alpha value is -2.10. The topological polar surface area (TPSA) is 43.4 Å². The van der Waals surface area contributed by atoms with E-state index in [4.69, 9.17) is 27.9 Å². The number of carbonyl (C=O) groups is 2. The van der Waals surface area contributed by atoms with Gasteiger partial charge in [-0.15, -0.1) is 0 Å². The van der Waals surface area contributed by atoms with Gasteiger partial charge in [0.15, 0.2) is 12.4 Å². The molecule has 0 spiro atoms. The van der Waals surface area contributed by atoms with Crippen LogP contribution in [0.4, 0.5) is 0 Å². The quantitative estimate of drug-likeness (QED) is 0.461. The van der Waals surface area contributed by atoms with Crippen LogP contribution in [0.15, 0.2) is 54.6 Å². The molecule has 5 heteroatoms. The van der Waals surface area contributed by atoms with Crippen LogP contribution in [-0.4, -0.2) is 18.4 Å². The summed E-state index contributed by atoms with van der Waals surface area (Å²) in [5.74, 6) is -0.873. The number of esters is 1. The minimum atomic E-state index is -0.586. The van der Waals surface area contributed by atoms with Crippen molar-refractivity contribution in [1.29, 1.82) is 0 Å². The van der Waals surface area contributed by atoms with Crippen molar-refractivity contribution in [2.24, 2.45) is 0 Å². The van der Waals surface area contributed by atoms with E-state index in [-0.39, 0.29) is 12.4 Å². The predicted molar refractivity (Wildman–Crippen MR) is 87.2 cm³/mol. The molecule has 0 bridgehead atoms. The van der Waals surface area contributed by atoms with Crippen LogP contribution in [0, 0.1) is 0 Å². The van der Waals surface area contributed by atoms with Gasteiger partial charge in [0.25, 0.3) is 0 Å². The summed E-state index contributed by atoms with van der Waals surface area (Å²) in [5.41, 5.74) is 1.25. The molecule has 0 unspecified atom stereocenters. The third-order valence-electron chi connectivity index (χ3n) is 2.79. The lowest BCUT2D eigenvalue weighted by Crippen LogP contribution is -2.12. The fourth-order valence-electron chi connectivity index (χ4n) is 1.64. The normalized spacial score (nSPS) is 10.6. The van der Waals surface area contributed by atoms with Gasteiger partial charge in [-0.25, -0.2) is 4.79 Å². The zero-order valence-corrected chi connectivity index (χ0v) is 13.0. The molecule has 0 fully saturated rings. The molecule has 0 saturated heterocycles. The van der Waals surface area contributed by atoms with Gasteiger partial charge in [0, 0.05) is 21.7 Å². The fraction of sp³-hybridized carbons (Fsp3) is 0.0588. The van der Waals surface area contributed by atoms with Crippen molar-refractivity contribution < 1.29 is 14.3 Å². The highest BCUT2D eigenvalue weighted by molar-refractivity contribution is 6.30. The number of Topliss-reactive ketones (excluding diaryl/α,β-unsaturated/α-hetero) is 1. The average Bonchev–Trinajstić information content (AvgIpc) is 2.52. The summed E-state index contributed by atoms with van der Waals surface area (Å²) < 4.78 is 4.90. The average molecular weight is 335 g/mol. The minimum Gasteiger partial charge on any atom is -0.454 e. The minimum absolute atomic E-state index is 0.287. The Labute approximate surface area is 138 Å². The molecule has 3 nitrogen and oxygen atoms in total. The zero-order valence-electron chi connectivity index (χ0n) is 11.5. The van der Waals surface area contributed by atoms with Crippen LogP contribution < -0.4 is 0 Å². The molecule has 0 aromatic heterocycles. The Bertz CT molecular complexity index is 689. The second kappa shape index (κ2) is 7.78. The summed E-state index contributed by atoms with van der Waals surface area (Å²) in [6, 6.07) is 13.4. The zero-order chi connectivity index (χ0) is 15.9. The number of ether oxygens (including phenoxy) is 1. The van der Waals surface area contributed by atoms with Crippen LogP contribution in [0.2, 0.25) is 10.0 Å². The Balaban J connectivity index is 1.86. The predicted octanol–water partition coefficient (Wildman–Crippen LogP) is 4.43. The van der Waals surface area contributed by atoms with Crippen molar-refractivity contribution in [2.75, 3.05) is 6.61 Å². The highest BCUT2D eigenvalue weighted by atomic mass is 35.5. The Kier molecular flexibility index (Phi) is 5.75. The van der Waals surface area contributed by atoms with Crippen LogP contribution in [0.25, 0.3) is 6.08 Å². The summed E-state index contributed by atoms with van der Waals surface area (Å²) in [7, 11) is 0. The third-order valence-corrected chi connectivity index (χ3v) is 3.30. The van der Waals surface area contributed by atoms with Gasteiger partial charge < -0.3 is 4.74 Å². The Morgan fingerprint density at radius 1 is 0.909 bits per heavy atom. The van der Waals surface area contributed by atoms with Gasteiger partial charge in [-0.1, -0.05) is 35.3 Å². The first-order chi connectivity index (χ1) is 10.5. The molecule has 112 valence electrons. The second-order valence-electron chi connectivity index (χ2n) is 4.42. The first-order valence-corrected chi connectivity index (χ1v) is 7.19. The molecule has 0 amide bonds. The van der Waals surface area contributed by atoms with E-state index >= 15 is 0 Å². The van der Waals surface area contributed by atoms with Gasteiger partial charge in [-0.05, 0) is 48.0 Å². The van der Waals surface area contributed by atoms with Gasteiger partial charge >= 0.3 is 5.97 Å². The van der Waals surface area contributed by atoms with Crippen LogP contribution >= 0.6 is 23.2 Å². The number of benzene rings is 2. The molecule has 0 aliphatic heterocycles. The molecule has 22 heavy (non-hydrogen) atoms. The molecule has 2 rings (SSSR count). The largest absolute Gasteiger partial charge is 0.454 e. The van der Waals surface area contributed by atoms with Crippen molar-refractivity contribution in [3.8, 4) is 0 Å². The molecular weight excluding hydrogens is 323 g/mol. The lowest BCUT2D eigenvalue weighted by Gasteiger charge is -2.02. The molecule has 0 aliphatic carbocycles. The van der Waals surface area contributed by atoms with E-state index in [2.05, 4.69) is 0 Å². The highest BCUT2D eigenvalue weighted by Gasteiger charge is 2.08. The Morgan fingerprint density at radius 3 is 2.05 bits per heavy atom. The summed E-state index contributed by atoms with van der Waals surface area (Å²) in [5, 5.41) is 1.16. The van der Waals surface area contributed by atoms with Gasteiger partial charge in [-0.2, -0.15) is 0 Å². The van der Waals surface area contributed by atoms with E-state index in [9.17, 15) is 9.59 Å². The van der Waals surface area contributed by atoms with Crippen molar-refractivity contribution in [3.05, 3.63) is 75.8 Å². The second-order valence-corrected chi connectivity index (χ2v) is 5.30. The van der Waals surface area contributed by atoms with E-state index in [1.54, 1.807) is 54.6 Å². The molecule has 0 atom stereocenters. The lowest BCUT2D eigenvalue weighted by atomic mass is 10.1. The fourth-order valence-corrected chi connectivity index (χ4v) is 1.89. The molecule has 0 heterocycles. The number of hydrogen-bond acceptors (Lipinski definition) is 3. The van der Waals surface area contributed by atoms with E-state index in [1.165, 1.54) is 6.08 Å². The van der Waals surface area contributed by atoms with E-state index in [0.29, 0.717) is 15.6 Å². The lowest BCUT2D eigenvalue weighted by molar-refractivity contribution is -0.136. The molecule has 0 radical (unpaired) electrons. The third kappa shape index (κ3) is 5.02. The molecular formula is C17H12Cl2O3. The van der Waals surface area contributed by atoms with E-state index < -0.39 is 5.97 Å². The van der Waals surface area contributed by atoms with Crippen LogP contribution in [0.1, 0.15) is 15.9 Å². The van der Waals surface area contributed by atoms with E-state index in [0.717, 1.165) is 5.56 Å². The standard InChI is InChI=1S/C17H12Cl2O3/c18-14-6-1-12(2-7-14)3-10-17(21)22-11-16(20)13-4-8-15(19)9-5-13/h1-10H,11H2/b10-3+. The van der Waals surface area contributed by atoms with Crippen molar-refractivity contribution in [3.63, 3.8) is 0 Å². The first kappa shape index (κ1) is 16.3. The maximum Gasteiger partial charge on any atom is 0.331 e. The summed E-state index contributed by atoms with van der Waals surface area (Å²) in [6.45, 7) is -0.314.